The van der Waals surface area contributed by atoms with Crippen LogP contribution in [0.5, 0.6) is 0 Å². The number of furan rings is 1. The Morgan fingerprint density at radius 1 is 1.23 bits per heavy atom. The van der Waals surface area contributed by atoms with E-state index >= 15 is 0 Å². The zero-order chi connectivity index (χ0) is 15.7. The van der Waals surface area contributed by atoms with Crippen molar-refractivity contribution in [2.45, 2.75) is 20.4 Å². The van der Waals surface area contributed by atoms with Gasteiger partial charge in [0, 0.05) is 18.0 Å². The number of amides is 1. The highest BCUT2D eigenvalue weighted by Crippen LogP contribution is 2.22. The largest absolute Gasteiger partial charge is 0.459 e. The van der Waals surface area contributed by atoms with Gasteiger partial charge in [-0.2, -0.15) is 0 Å². The smallest absolute Gasteiger partial charge is 0.336 e. The Morgan fingerprint density at radius 2 is 2.05 bits per heavy atom. The predicted molar refractivity (Wildman–Crippen MR) is 81.8 cm³/mol. The summed E-state index contributed by atoms with van der Waals surface area (Å²) in [5.41, 5.74) is 2.81. The highest BCUT2D eigenvalue weighted by molar-refractivity contribution is 5.91. The van der Waals surface area contributed by atoms with Crippen molar-refractivity contribution in [2.24, 2.45) is 0 Å². The maximum atomic E-state index is 11.9. The second-order valence-electron chi connectivity index (χ2n) is 5.21. The molecule has 112 valence electrons. The number of hydrogen-bond donors (Lipinski definition) is 1. The molecule has 0 fully saturated rings. The summed E-state index contributed by atoms with van der Waals surface area (Å²) in [7, 11) is 0. The highest BCUT2D eigenvalue weighted by Gasteiger charge is 2.12. The van der Waals surface area contributed by atoms with Crippen molar-refractivity contribution in [3.8, 4) is 0 Å². The summed E-state index contributed by atoms with van der Waals surface area (Å²) in [6, 6.07) is 8.54. The van der Waals surface area contributed by atoms with E-state index in [0.717, 1.165) is 22.1 Å². The lowest BCUT2D eigenvalue weighted by Crippen LogP contribution is -2.23. The maximum absolute atomic E-state index is 11.9. The van der Waals surface area contributed by atoms with E-state index in [-0.39, 0.29) is 18.2 Å². The molecule has 0 aliphatic carbocycles. The minimum Gasteiger partial charge on any atom is -0.459 e. The summed E-state index contributed by atoms with van der Waals surface area (Å²) in [5, 5.41) is 3.58. The Bertz CT molecular complexity index is 891. The SMILES string of the molecule is Cc1cc(C)c2oc(=O)cc(CNC(=O)c3ccco3)c2c1. The number of aryl methyl sites for hydroxylation is 2. The van der Waals surface area contributed by atoms with Crippen molar-refractivity contribution in [2.75, 3.05) is 0 Å². The number of benzene rings is 1. The van der Waals surface area contributed by atoms with Gasteiger partial charge in [0.25, 0.3) is 5.91 Å². The minimum absolute atomic E-state index is 0.227. The van der Waals surface area contributed by atoms with Crippen LogP contribution in [-0.2, 0) is 6.54 Å². The molecule has 0 saturated heterocycles. The summed E-state index contributed by atoms with van der Waals surface area (Å²) >= 11 is 0. The molecule has 0 radical (unpaired) electrons. The molecule has 1 N–H and O–H groups in total. The molecule has 0 saturated carbocycles. The Labute approximate surface area is 126 Å². The van der Waals surface area contributed by atoms with Gasteiger partial charge < -0.3 is 14.2 Å². The van der Waals surface area contributed by atoms with Crippen LogP contribution in [-0.4, -0.2) is 5.91 Å². The molecule has 22 heavy (non-hydrogen) atoms. The molecule has 0 aliphatic heterocycles. The lowest BCUT2D eigenvalue weighted by Gasteiger charge is -2.09. The average molecular weight is 297 g/mol. The van der Waals surface area contributed by atoms with Crippen LogP contribution >= 0.6 is 0 Å². The third-order valence-corrected chi connectivity index (χ3v) is 3.44. The molecule has 2 heterocycles. The molecule has 3 aromatic rings. The molecular formula is C17H15NO4. The van der Waals surface area contributed by atoms with Crippen LogP contribution in [0.4, 0.5) is 0 Å². The number of rotatable bonds is 3. The second-order valence-corrected chi connectivity index (χ2v) is 5.21. The third-order valence-electron chi connectivity index (χ3n) is 3.44. The van der Waals surface area contributed by atoms with Gasteiger partial charge in [0.05, 0.1) is 6.26 Å². The summed E-state index contributed by atoms with van der Waals surface area (Å²) < 4.78 is 10.3. The fourth-order valence-electron chi connectivity index (χ4n) is 2.50. The molecule has 0 unspecified atom stereocenters. The fourth-order valence-corrected chi connectivity index (χ4v) is 2.50. The van der Waals surface area contributed by atoms with E-state index in [0.29, 0.717) is 5.58 Å². The number of fused-ring (bicyclic) bond motifs is 1. The molecular weight excluding hydrogens is 282 g/mol. The van der Waals surface area contributed by atoms with Gasteiger partial charge in [-0.05, 0) is 48.7 Å². The molecule has 0 bridgehead atoms. The Kier molecular flexibility index (Phi) is 3.55. The summed E-state index contributed by atoms with van der Waals surface area (Å²) in [5.74, 6) is -0.0876. The van der Waals surface area contributed by atoms with Gasteiger partial charge in [-0.25, -0.2) is 4.79 Å². The van der Waals surface area contributed by atoms with E-state index in [2.05, 4.69) is 5.32 Å². The Morgan fingerprint density at radius 3 is 2.77 bits per heavy atom. The van der Waals surface area contributed by atoms with Crippen molar-refractivity contribution in [1.29, 1.82) is 0 Å². The average Bonchev–Trinajstić information content (AvgIpc) is 2.99. The number of carbonyl (C=O) groups is 1. The normalized spacial score (nSPS) is 10.8. The molecule has 0 aliphatic rings. The minimum atomic E-state index is -0.429. The highest BCUT2D eigenvalue weighted by atomic mass is 16.4. The van der Waals surface area contributed by atoms with Gasteiger partial charge in [-0.15, -0.1) is 0 Å². The third kappa shape index (κ3) is 2.65. The summed E-state index contributed by atoms with van der Waals surface area (Å²) in [6.45, 7) is 4.09. The van der Waals surface area contributed by atoms with Crippen molar-refractivity contribution in [3.05, 3.63) is 69.5 Å². The van der Waals surface area contributed by atoms with Crippen LogP contribution in [0, 0.1) is 13.8 Å². The van der Waals surface area contributed by atoms with Crippen LogP contribution < -0.4 is 10.9 Å². The number of nitrogens with one attached hydrogen (secondary N) is 1. The number of hydrogen-bond acceptors (Lipinski definition) is 4. The van der Waals surface area contributed by atoms with Crippen molar-refractivity contribution in [1.82, 2.24) is 5.32 Å². The predicted octanol–water partition coefficient (Wildman–Crippen LogP) is 2.93. The molecule has 1 amide bonds. The van der Waals surface area contributed by atoms with Crippen molar-refractivity contribution in [3.63, 3.8) is 0 Å². The summed E-state index contributed by atoms with van der Waals surface area (Å²) in [6.07, 6.45) is 1.44. The van der Waals surface area contributed by atoms with E-state index in [4.69, 9.17) is 8.83 Å². The zero-order valence-corrected chi connectivity index (χ0v) is 12.3. The first-order chi connectivity index (χ1) is 10.5. The lowest BCUT2D eigenvalue weighted by molar-refractivity contribution is 0.0923. The monoisotopic (exact) mass is 297 g/mol. The van der Waals surface area contributed by atoms with Gasteiger partial charge >= 0.3 is 5.63 Å². The van der Waals surface area contributed by atoms with Gasteiger partial charge in [-0.3, -0.25) is 4.79 Å². The zero-order valence-electron chi connectivity index (χ0n) is 12.3. The summed E-state index contributed by atoms with van der Waals surface area (Å²) in [4.78, 5) is 23.6. The van der Waals surface area contributed by atoms with Crippen LogP contribution in [0.2, 0.25) is 0 Å². The maximum Gasteiger partial charge on any atom is 0.336 e. The molecule has 1 aromatic carbocycles. The van der Waals surface area contributed by atoms with E-state index < -0.39 is 5.63 Å². The molecule has 0 spiro atoms. The van der Waals surface area contributed by atoms with Gasteiger partial charge in [0.15, 0.2) is 5.76 Å². The van der Waals surface area contributed by atoms with E-state index in [1.54, 1.807) is 12.1 Å². The Hall–Kier alpha value is -2.82. The van der Waals surface area contributed by atoms with Gasteiger partial charge in [0.2, 0.25) is 0 Å². The molecule has 0 atom stereocenters. The first kappa shape index (κ1) is 14.1. The standard InChI is InChI=1S/C17H15NO4/c1-10-6-11(2)16-13(7-10)12(8-15(19)22-16)9-18-17(20)14-4-3-5-21-14/h3-8H,9H2,1-2H3,(H,18,20). The van der Waals surface area contributed by atoms with Crippen molar-refractivity contribution < 1.29 is 13.6 Å². The van der Waals surface area contributed by atoms with Crippen LogP contribution in [0.1, 0.15) is 27.2 Å². The molecule has 5 heteroatoms. The van der Waals surface area contributed by atoms with Crippen LogP contribution in [0.25, 0.3) is 11.0 Å². The van der Waals surface area contributed by atoms with Gasteiger partial charge in [-0.1, -0.05) is 6.07 Å². The first-order valence-electron chi connectivity index (χ1n) is 6.90. The topological polar surface area (TPSA) is 72.5 Å². The van der Waals surface area contributed by atoms with Crippen LogP contribution in [0.15, 0.2) is 50.2 Å². The molecule has 2 aromatic heterocycles. The second kappa shape index (κ2) is 5.52. The first-order valence-corrected chi connectivity index (χ1v) is 6.90. The Balaban J connectivity index is 1.96. The van der Waals surface area contributed by atoms with Crippen molar-refractivity contribution >= 4 is 16.9 Å². The van der Waals surface area contributed by atoms with E-state index in [1.165, 1.54) is 12.3 Å². The quantitative estimate of drug-likeness (QED) is 0.754. The fraction of sp³-hybridized carbons (Fsp3) is 0.176. The van der Waals surface area contributed by atoms with E-state index in [9.17, 15) is 9.59 Å². The van der Waals surface area contributed by atoms with E-state index in [1.807, 2.05) is 26.0 Å². The van der Waals surface area contributed by atoms with Crippen LogP contribution in [0.3, 0.4) is 0 Å². The molecule has 3 rings (SSSR count). The number of carbonyl (C=O) groups excluding carboxylic acids is 1. The van der Waals surface area contributed by atoms with Gasteiger partial charge in [0.1, 0.15) is 5.58 Å². The molecule has 5 nitrogen and oxygen atoms in total. The lowest BCUT2D eigenvalue weighted by atomic mass is 10.0.